The summed E-state index contributed by atoms with van der Waals surface area (Å²) in [6.07, 6.45) is 3.16. The van der Waals surface area contributed by atoms with E-state index in [1.165, 1.54) is 0 Å². The lowest BCUT2D eigenvalue weighted by Crippen LogP contribution is -2.40. The number of aliphatic hydroxyl groups excluding tert-OH is 1. The Morgan fingerprint density at radius 1 is 1.33 bits per heavy atom. The van der Waals surface area contributed by atoms with E-state index < -0.39 is 0 Å². The summed E-state index contributed by atoms with van der Waals surface area (Å²) in [5.74, 6) is 0.244. The monoisotopic (exact) mass is 217 g/mol. The lowest BCUT2D eigenvalue weighted by molar-refractivity contribution is 0.254. The molecule has 15 heavy (non-hydrogen) atoms. The van der Waals surface area contributed by atoms with E-state index in [2.05, 4.69) is 17.4 Å². The summed E-state index contributed by atoms with van der Waals surface area (Å²) in [4.78, 5) is 0. The van der Waals surface area contributed by atoms with E-state index in [-0.39, 0.29) is 18.5 Å². The van der Waals surface area contributed by atoms with Crippen LogP contribution in [0.3, 0.4) is 0 Å². The quantitative estimate of drug-likeness (QED) is 0.208. The summed E-state index contributed by atoms with van der Waals surface area (Å²) in [5, 5.41) is 23.7. The number of oxime groups is 1. The summed E-state index contributed by atoms with van der Waals surface area (Å²) in [6.45, 7) is 4.31. The fourth-order valence-electron chi connectivity index (χ4n) is 1.51. The van der Waals surface area contributed by atoms with Crippen molar-refractivity contribution < 1.29 is 10.3 Å². The number of rotatable bonds is 8. The Morgan fingerprint density at radius 3 is 2.33 bits per heavy atom. The van der Waals surface area contributed by atoms with Gasteiger partial charge in [0.1, 0.15) is 5.84 Å². The average molecular weight is 217 g/mol. The second kappa shape index (κ2) is 8.49. The van der Waals surface area contributed by atoms with E-state index >= 15 is 0 Å². The maximum Gasteiger partial charge on any atom is 0.140 e. The van der Waals surface area contributed by atoms with E-state index in [0.717, 1.165) is 19.3 Å². The van der Waals surface area contributed by atoms with Gasteiger partial charge in [0, 0.05) is 25.1 Å². The highest BCUT2D eigenvalue weighted by Gasteiger charge is 2.13. The molecule has 0 spiro atoms. The fraction of sp³-hybridized carbons (Fsp3) is 0.900. The molecule has 5 heteroatoms. The smallest absolute Gasteiger partial charge is 0.140 e. The molecule has 90 valence electrons. The van der Waals surface area contributed by atoms with Gasteiger partial charge in [0.25, 0.3) is 0 Å². The van der Waals surface area contributed by atoms with E-state index in [9.17, 15) is 0 Å². The minimum Gasteiger partial charge on any atom is -0.409 e. The van der Waals surface area contributed by atoms with Gasteiger partial charge in [-0.05, 0) is 19.3 Å². The maximum absolute atomic E-state index is 8.85. The molecule has 0 heterocycles. The first-order valence-corrected chi connectivity index (χ1v) is 5.51. The Labute approximate surface area is 91.4 Å². The molecular weight excluding hydrogens is 194 g/mol. The van der Waals surface area contributed by atoms with Gasteiger partial charge in [-0.3, -0.25) is 0 Å². The van der Waals surface area contributed by atoms with Crippen molar-refractivity contribution in [2.24, 2.45) is 10.9 Å². The number of amidine groups is 1. The van der Waals surface area contributed by atoms with Crippen LogP contribution in [-0.2, 0) is 0 Å². The first kappa shape index (κ1) is 14.2. The Hall–Kier alpha value is -0.810. The lowest BCUT2D eigenvalue weighted by Gasteiger charge is -2.23. The van der Waals surface area contributed by atoms with Crippen LogP contribution in [0, 0.1) is 0 Å². The highest BCUT2D eigenvalue weighted by Crippen LogP contribution is 2.04. The third kappa shape index (κ3) is 6.30. The zero-order valence-electron chi connectivity index (χ0n) is 9.61. The van der Waals surface area contributed by atoms with Gasteiger partial charge in [-0.1, -0.05) is 19.0 Å². The van der Waals surface area contributed by atoms with E-state index in [1.54, 1.807) is 0 Å². The van der Waals surface area contributed by atoms with Gasteiger partial charge in [-0.2, -0.15) is 0 Å². The molecule has 0 fully saturated rings. The molecule has 5 N–H and O–H groups in total. The molecule has 0 bridgehead atoms. The predicted octanol–water partition coefficient (Wildman–Crippen LogP) is 0.652. The van der Waals surface area contributed by atoms with Crippen LogP contribution in [0.25, 0.3) is 0 Å². The Kier molecular flexibility index (Phi) is 8.04. The minimum absolute atomic E-state index is 0.186. The fourth-order valence-corrected chi connectivity index (χ4v) is 1.51. The molecule has 2 atom stereocenters. The Balaban J connectivity index is 4.05. The first-order valence-electron chi connectivity index (χ1n) is 5.51. The summed E-state index contributed by atoms with van der Waals surface area (Å²) in [5.41, 5.74) is 5.45. The highest BCUT2D eigenvalue weighted by atomic mass is 16.4. The van der Waals surface area contributed by atoms with Crippen molar-refractivity contribution in [1.29, 1.82) is 0 Å². The molecule has 0 aromatic carbocycles. The van der Waals surface area contributed by atoms with Crippen LogP contribution >= 0.6 is 0 Å². The van der Waals surface area contributed by atoms with E-state index in [4.69, 9.17) is 16.0 Å². The largest absolute Gasteiger partial charge is 0.409 e. The van der Waals surface area contributed by atoms with Crippen molar-refractivity contribution in [3.05, 3.63) is 0 Å². The van der Waals surface area contributed by atoms with Crippen LogP contribution in [0.2, 0.25) is 0 Å². The lowest BCUT2D eigenvalue weighted by atomic mass is 10.1. The molecule has 2 unspecified atom stereocenters. The van der Waals surface area contributed by atoms with Gasteiger partial charge in [0.15, 0.2) is 0 Å². The molecule has 0 aromatic rings. The minimum atomic E-state index is 0.186. The standard InChI is InChI=1S/C10H23N3O2/c1-3-8(5-6-14)12-9(4-2)7-10(11)13-15/h8-9,12,14-15H,3-7H2,1-2H3,(H2,11,13). The van der Waals surface area contributed by atoms with Crippen molar-refractivity contribution in [1.82, 2.24) is 5.32 Å². The van der Waals surface area contributed by atoms with Gasteiger partial charge in [-0.15, -0.1) is 0 Å². The molecule has 0 rings (SSSR count). The van der Waals surface area contributed by atoms with Gasteiger partial charge in [0.2, 0.25) is 0 Å². The number of nitrogens with two attached hydrogens (primary N) is 1. The van der Waals surface area contributed by atoms with Crippen LogP contribution in [0.15, 0.2) is 5.16 Å². The number of nitrogens with one attached hydrogen (secondary N) is 1. The molecule has 0 aliphatic carbocycles. The van der Waals surface area contributed by atoms with Gasteiger partial charge < -0.3 is 21.4 Å². The van der Waals surface area contributed by atoms with E-state index in [1.807, 2.05) is 6.92 Å². The summed E-state index contributed by atoms with van der Waals surface area (Å²) in [6, 6.07) is 0.504. The number of hydrogen-bond acceptors (Lipinski definition) is 4. The zero-order chi connectivity index (χ0) is 11.7. The Bertz CT molecular complexity index is 186. The molecule has 0 saturated carbocycles. The summed E-state index contributed by atoms with van der Waals surface area (Å²) < 4.78 is 0. The second-order valence-electron chi connectivity index (χ2n) is 3.68. The van der Waals surface area contributed by atoms with Gasteiger partial charge in [0.05, 0.1) is 0 Å². The third-order valence-corrected chi connectivity index (χ3v) is 2.52. The van der Waals surface area contributed by atoms with Crippen molar-refractivity contribution >= 4 is 5.84 Å². The molecule has 0 radical (unpaired) electrons. The molecule has 0 aliphatic rings. The van der Waals surface area contributed by atoms with E-state index in [0.29, 0.717) is 12.5 Å². The highest BCUT2D eigenvalue weighted by molar-refractivity contribution is 5.80. The number of hydrogen-bond donors (Lipinski definition) is 4. The normalized spacial score (nSPS) is 16.3. The van der Waals surface area contributed by atoms with Crippen LogP contribution in [-0.4, -0.2) is 34.8 Å². The Morgan fingerprint density at radius 2 is 1.93 bits per heavy atom. The predicted molar refractivity (Wildman–Crippen MR) is 61.0 cm³/mol. The molecule has 0 amide bonds. The topological polar surface area (TPSA) is 90.9 Å². The van der Waals surface area contributed by atoms with Gasteiger partial charge in [-0.25, -0.2) is 0 Å². The van der Waals surface area contributed by atoms with Crippen LogP contribution < -0.4 is 11.1 Å². The van der Waals surface area contributed by atoms with Crippen molar-refractivity contribution in [3.63, 3.8) is 0 Å². The van der Waals surface area contributed by atoms with Crippen molar-refractivity contribution in [2.45, 2.75) is 51.6 Å². The summed E-state index contributed by atoms with van der Waals surface area (Å²) >= 11 is 0. The SMILES string of the molecule is CCC(CCO)NC(CC)CC(N)=NO. The number of nitrogens with zero attached hydrogens (tertiary/aromatic N) is 1. The van der Waals surface area contributed by atoms with Crippen molar-refractivity contribution in [3.8, 4) is 0 Å². The molecule has 5 nitrogen and oxygen atoms in total. The average Bonchev–Trinajstić information content (AvgIpc) is 2.26. The second-order valence-corrected chi connectivity index (χ2v) is 3.68. The summed E-state index contributed by atoms with van der Waals surface area (Å²) in [7, 11) is 0. The molecule has 0 aromatic heterocycles. The zero-order valence-corrected chi connectivity index (χ0v) is 9.61. The van der Waals surface area contributed by atoms with Crippen LogP contribution in [0.5, 0.6) is 0 Å². The first-order chi connectivity index (χ1) is 7.17. The molecular formula is C10H23N3O2. The number of aliphatic hydroxyl groups is 1. The third-order valence-electron chi connectivity index (χ3n) is 2.52. The maximum atomic E-state index is 8.85. The van der Waals surface area contributed by atoms with Gasteiger partial charge >= 0.3 is 0 Å². The molecule has 0 aliphatic heterocycles. The van der Waals surface area contributed by atoms with Crippen molar-refractivity contribution in [2.75, 3.05) is 6.61 Å². The van der Waals surface area contributed by atoms with Crippen LogP contribution in [0.4, 0.5) is 0 Å². The molecule has 0 saturated heterocycles. The van der Waals surface area contributed by atoms with Crippen LogP contribution in [0.1, 0.15) is 39.5 Å².